The van der Waals surface area contributed by atoms with Crippen LogP contribution in [0.3, 0.4) is 0 Å². The zero-order valence-electron chi connectivity index (χ0n) is 13.3. The molecule has 1 aromatic carbocycles. The molecule has 0 aliphatic carbocycles. The van der Waals surface area contributed by atoms with Gasteiger partial charge in [-0.05, 0) is 33.3 Å². The normalized spacial score (nSPS) is 13.9. The third-order valence-corrected chi connectivity index (χ3v) is 2.67. The van der Waals surface area contributed by atoms with Gasteiger partial charge < -0.3 is 19.9 Å². The predicted octanol–water partition coefficient (Wildman–Crippen LogP) is 2.18. The number of ether oxygens (including phenoxy) is 2. The standard InChI is InChI=1S/C16H23NO5/c1-5-21-14(19)12(17-15(20)22-16(2,3)4)13(18)11-9-7-6-8-10-11/h6-10,12-13,18H,5H2,1-4H3,(H,17,20). The lowest BCUT2D eigenvalue weighted by Gasteiger charge is -2.25. The van der Waals surface area contributed by atoms with Crippen LogP contribution in [-0.2, 0) is 14.3 Å². The highest BCUT2D eigenvalue weighted by atomic mass is 16.6. The molecule has 0 aliphatic rings. The number of aliphatic hydroxyl groups excluding tert-OH is 1. The molecule has 2 N–H and O–H groups in total. The summed E-state index contributed by atoms with van der Waals surface area (Å²) < 4.78 is 10.0. The fourth-order valence-electron chi connectivity index (χ4n) is 1.78. The van der Waals surface area contributed by atoms with Crippen molar-refractivity contribution in [3.8, 4) is 0 Å². The fourth-order valence-corrected chi connectivity index (χ4v) is 1.78. The van der Waals surface area contributed by atoms with Crippen LogP contribution in [0.4, 0.5) is 4.79 Å². The van der Waals surface area contributed by atoms with Gasteiger partial charge in [-0.2, -0.15) is 0 Å². The molecule has 6 nitrogen and oxygen atoms in total. The summed E-state index contributed by atoms with van der Waals surface area (Å²) in [6, 6.07) is 7.33. The second kappa shape index (κ2) is 7.79. The molecule has 0 heterocycles. The van der Waals surface area contributed by atoms with Crippen LogP contribution in [0.5, 0.6) is 0 Å². The van der Waals surface area contributed by atoms with Gasteiger partial charge in [0, 0.05) is 0 Å². The molecule has 0 bridgehead atoms. The Morgan fingerprint density at radius 2 is 1.82 bits per heavy atom. The van der Waals surface area contributed by atoms with E-state index in [2.05, 4.69) is 5.32 Å². The molecule has 0 fully saturated rings. The minimum Gasteiger partial charge on any atom is -0.464 e. The van der Waals surface area contributed by atoms with E-state index in [0.717, 1.165) is 0 Å². The van der Waals surface area contributed by atoms with E-state index < -0.39 is 29.8 Å². The number of esters is 1. The molecule has 2 unspecified atom stereocenters. The molecule has 0 radical (unpaired) electrons. The van der Waals surface area contributed by atoms with Gasteiger partial charge in [-0.3, -0.25) is 0 Å². The monoisotopic (exact) mass is 309 g/mol. The van der Waals surface area contributed by atoms with Crippen LogP contribution >= 0.6 is 0 Å². The quantitative estimate of drug-likeness (QED) is 0.814. The topological polar surface area (TPSA) is 84.9 Å². The van der Waals surface area contributed by atoms with Gasteiger partial charge in [0.05, 0.1) is 6.61 Å². The first-order valence-electron chi connectivity index (χ1n) is 7.13. The number of benzene rings is 1. The molecule has 0 spiro atoms. The van der Waals surface area contributed by atoms with E-state index in [1.807, 2.05) is 0 Å². The Kier molecular flexibility index (Phi) is 6.37. The van der Waals surface area contributed by atoms with E-state index in [1.165, 1.54) is 0 Å². The van der Waals surface area contributed by atoms with E-state index in [4.69, 9.17) is 9.47 Å². The van der Waals surface area contributed by atoms with Crippen molar-refractivity contribution in [2.45, 2.75) is 45.4 Å². The minimum absolute atomic E-state index is 0.146. The zero-order valence-corrected chi connectivity index (χ0v) is 13.3. The van der Waals surface area contributed by atoms with Gasteiger partial charge in [0.1, 0.15) is 11.7 Å². The van der Waals surface area contributed by atoms with Crippen molar-refractivity contribution in [3.05, 3.63) is 35.9 Å². The number of rotatable bonds is 5. The molecule has 1 amide bonds. The average Bonchev–Trinajstić information content (AvgIpc) is 2.43. The predicted molar refractivity (Wildman–Crippen MR) is 81.2 cm³/mol. The lowest BCUT2D eigenvalue weighted by molar-refractivity contribution is -0.148. The Bertz CT molecular complexity index is 495. The van der Waals surface area contributed by atoms with E-state index in [-0.39, 0.29) is 6.61 Å². The number of nitrogens with one attached hydrogen (secondary N) is 1. The Balaban J connectivity index is 2.89. The Hall–Kier alpha value is -2.08. The molecule has 22 heavy (non-hydrogen) atoms. The fraction of sp³-hybridized carbons (Fsp3) is 0.500. The molecule has 0 saturated carbocycles. The van der Waals surface area contributed by atoms with Crippen molar-refractivity contribution in [3.63, 3.8) is 0 Å². The second-order valence-corrected chi connectivity index (χ2v) is 5.73. The van der Waals surface area contributed by atoms with Gasteiger partial charge in [-0.1, -0.05) is 30.3 Å². The summed E-state index contributed by atoms with van der Waals surface area (Å²) >= 11 is 0. The SMILES string of the molecule is CCOC(=O)C(NC(=O)OC(C)(C)C)C(O)c1ccccc1. The number of alkyl carbamates (subject to hydrolysis) is 1. The Labute approximate surface area is 130 Å². The van der Waals surface area contributed by atoms with Crippen LogP contribution in [-0.4, -0.2) is 35.4 Å². The maximum atomic E-state index is 12.0. The van der Waals surface area contributed by atoms with E-state index in [0.29, 0.717) is 5.56 Å². The van der Waals surface area contributed by atoms with Gasteiger partial charge in [-0.25, -0.2) is 9.59 Å². The van der Waals surface area contributed by atoms with Crippen molar-refractivity contribution in [2.24, 2.45) is 0 Å². The number of carbonyl (C=O) groups is 2. The van der Waals surface area contributed by atoms with Gasteiger partial charge in [0.2, 0.25) is 0 Å². The average molecular weight is 309 g/mol. The molecular formula is C16H23NO5. The molecule has 6 heteroatoms. The third kappa shape index (κ3) is 5.73. The molecule has 122 valence electrons. The molecule has 2 atom stereocenters. The maximum Gasteiger partial charge on any atom is 0.408 e. The third-order valence-electron chi connectivity index (χ3n) is 2.67. The smallest absolute Gasteiger partial charge is 0.408 e. The van der Waals surface area contributed by atoms with Gasteiger partial charge >= 0.3 is 12.1 Å². The summed E-state index contributed by atoms with van der Waals surface area (Å²) in [4.78, 5) is 23.9. The molecular weight excluding hydrogens is 286 g/mol. The number of aliphatic hydroxyl groups is 1. The molecule has 0 aliphatic heterocycles. The van der Waals surface area contributed by atoms with Gasteiger partial charge in [0.25, 0.3) is 0 Å². The van der Waals surface area contributed by atoms with Crippen molar-refractivity contribution >= 4 is 12.1 Å². The first kappa shape index (κ1) is 18.0. The first-order valence-corrected chi connectivity index (χ1v) is 7.13. The number of amides is 1. The first-order chi connectivity index (χ1) is 10.2. The van der Waals surface area contributed by atoms with Gasteiger partial charge in [-0.15, -0.1) is 0 Å². The van der Waals surface area contributed by atoms with Crippen LogP contribution in [0.1, 0.15) is 39.4 Å². The summed E-state index contributed by atoms with van der Waals surface area (Å²) in [6.45, 7) is 6.92. The van der Waals surface area contributed by atoms with Crippen LogP contribution in [0.15, 0.2) is 30.3 Å². The Morgan fingerprint density at radius 1 is 1.23 bits per heavy atom. The molecule has 0 saturated heterocycles. The maximum absolute atomic E-state index is 12.0. The Morgan fingerprint density at radius 3 is 2.32 bits per heavy atom. The van der Waals surface area contributed by atoms with Crippen LogP contribution in [0.2, 0.25) is 0 Å². The number of hydrogen-bond donors (Lipinski definition) is 2. The van der Waals surface area contributed by atoms with Crippen molar-refractivity contribution in [1.82, 2.24) is 5.32 Å². The minimum atomic E-state index is -1.24. The second-order valence-electron chi connectivity index (χ2n) is 5.73. The number of hydrogen-bond acceptors (Lipinski definition) is 5. The summed E-state index contributed by atoms with van der Waals surface area (Å²) in [7, 11) is 0. The van der Waals surface area contributed by atoms with Gasteiger partial charge in [0.15, 0.2) is 6.04 Å². The van der Waals surface area contributed by atoms with E-state index in [1.54, 1.807) is 58.0 Å². The molecule has 0 aromatic heterocycles. The van der Waals surface area contributed by atoms with Crippen LogP contribution < -0.4 is 5.32 Å². The molecule has 1 aromatic rings. The van der Waals surface area contributed by atoms with E-state index >= 15 is 0 Å². The largest absolute Gasteiger partial charge is 0.464 e. The highest BCUT2D eigenvalue weighted by Crippen LogP contribution is 2.18. The van der Waals surface area contributed by atoms with Crippen molar-refractivity contribution in [1.29, 1.82) is 0 Å². The lowest BCUT2D eigenvalue weighted by Crippen LogP contribution is -2.47. The van der Waals surface area contributed by atoms with Crippen molar-refractivity contribution < 1.29 is 24.2 Å². The van der Waals surface area contributed by atoms with Crippen molar-refractivity contribution in [2.75, 3.05) is 6.61 Å². The van der Waals surface area contributed by atoms with E-state index in [9.17, 15) is 14.7 Å². The summed E-state index contributed by atoms with van der Waals surface area (Å²) in [5, 5.41) is 12.7. The molecule has 1 rings (SSSR count). The number of carbonyl (C=O) groups excluding carboxylic acids is 2. The lowest BCUT2D eigenvalue weighted by atomic mass is 10.0. The highest BCUT2D eigenvalue weighted by Gasteiger charge is 2.32. The highest BCUT2D eigenvalue weighted by molar-refractivity contribution is 5.82. The van der Waals surface area contributed by atoms with Crippen LogP contribution in [0.25, 0.3) is 0 Å². The summed E-state index contributed by atoms with van der Waals surface area (Å²) in [5.74, 6) is -0.718. The zero-order chi connectivity index (χ0) is 16.8. The summed E-state index contributed by atoms with van der Waals surface area (Å²) in [6.07, 6.45) is -2.02. The van der Waals surface area contributed by atoms with Crippen LogP contribution in [0, 0.1) is 0 Å². The summed E-state index contributed by atoms with van der Waals surface area (Å²) in [5.41, 5.74) is -0.210.